The van der Waals surface area contributed by atoms with Crippen molar-refractivity contribution in [2.75, 3.05) is 12.0 Å². The number of phenolic OH excluding ortho intramolecular Hbond substituents is 1. The van der Waals surface area contributed by atoms with Crippen molar-refractivity contribution < 1.29 is 39.3 Å². The smallest absolute Gasteiger partial charge is 0.326 e. The van der Waals surface area contributed by atoms with Gasteiger partial charge in [-0.3, -0.25) is 19.2 Å². The number of amides is 3. The third-order valence-electron chi connectivity index (χ3n) is 5.89. The number of carboxylic acid groups (broad SMARTS) is 2. The Kier molecular flexibility index (Phi) is 12.9. The van der Waals surface area contributed by atoms with E-state index in [0.717, 1.165) is 0 Å². The number of nitrogens with one attached hydrogen (secondary N) is 3. The Balaban J connectivity index is 2.24. The van der Waals surface area contributed by atoms with Crippen LogP contribution >= 0.6 is 11.8 Å². The van der Waals surface area contributed by atoms with Crippen molar-refractivity contribution >= 4 is 41.4 Å². The van der Waals surface area contributed by atoms with Gasteiger partial charge in [0.1, 0.15) is 23.9 Å². The van der Waals surface area contributed by atoms with Gasteiger partial charge in [-0.25, -0.2) is 4.79 Å². The second kappa shape index (κ2) is 16.1. The first-order valence-electron chi connectivity index (χ1n) is 12.4. The number of carboxylic acids is 2. The third kappa shape index (κ3) is 10.9. The lowest BCUT2D eigenvalue weighted by atomic mass is 10.0. The molecule has 216 valence electrons. The molecule has 8 N–H and O–H groups in total. The maximum Gasteiger partial charge on any atom is 0.326 e. The molecule has 0 radical (unpaired) electrons. The van der Waals surface area contributed by atoms with Gasteiger partial charge in [0.15, 0.2) is 0 Å². The number of aromatic hydroxyl groups is 1. The van der Waals surface area contributed by atoms with Crippen LogP contribution in [0, 0.1) is 0 Å². The van der Waals surface area contributed by atoms with Crippen LogP contribution in [0.3, 0.4) is 0 Å². The minimum Gasteiger partial charge on any atom is -0.508 e. The predicted molar refractivity (Wildman–Crippen MR) is 149 cm³/mol. The number of hydrogen-bond acceptors (Lipinski definition) is 8. The highest BCUT2D eigenvalue weighted by atomic mass is 32.2. The van der Waals surface area contributed by atoms with E-state index < -0.39 is 60.2 Å². The molecule has 0 aromatic heterocycles. The summed E-state index contributed by atoms with van der Waals surface area (Å²) in [5.74, 6) is -4.56. The van der Waals surface area contributed by atoms with Gasteiger partial charge in [-0.15, -0.1) is 0 Å². The average Bonchev–Trinajstić information content (AvgIpc) is 2.91. The van der Waals surface area contributed by atoms with Crippen molar-refractivity contribution in [1.29, 1.82) is 0 Å². The Morgan fingerprint density at radius 3 is 1.88 bits per heavy atom. The SMILES string of the molecule is CSCCC(N)C(=O)NC(CC(=O)O)C(=O)NC(Cc1ccccc1)C(=O)NC(Cc1ccc(O)cc1)C(=O)O. The summed E-state index contributed by atoms with van der Waals surface area (Å²) in [6.45, 7) is 0. The van der Waals surface area contributed by atoms with E-state index >= 15 is 0 Å². The van der Waals surface area contributed by atoms with Gasteiger partial charge in [0.25, 0.3) is 0 Å². The largest absolute Gasteiger partial charge is 0.508 e. The molecule has 0 aliphatic carbocycles. The van der Waals surface area contributed by atoms with E-state index in [0.29, 0.717) is 23.3 Å². The summed E-state index contributed by atoms with van der Waals surface area (Å²) >= 11 is 1.47. The van der Waals surface area contributed by atoms with E-state index in [2.05, 4.69) is 16.0 Å². The molecule has 12 nitrogen and oxygen atoms in total. The molecule has 2 rings (SSSR count). The molecule has 0 spiro atoms. The zero-order valence-corrected chi connectivity index (χ0v) is 22.7. The number of hydrogen-bond donors (Lipinski definition) is 7. The molecule has 3 amide bonds. The average molecular weight is 575 g/mol. The monoisotopic (exact) mass is 574 g/mol. The molecule has 4 unspecified atom stereocenters. The van der Waals surface area contributed by atoms with Crippen LogP contribution in [0.25, 0.3) is 0 Å². The number of thioether (sulfide) groups is 1. The Labute approximate surface area is 235 Å². The molecule has 2 aromatic rings. The van der Waals surface area contributed by atoms with E-state index in [4.69, 9.17) is 5.73 Å². The highest BCUT2D eigenvalue weighted by Gasteiger charge is 2.31. The molecule has 13 heteroatoms. The first-order chi connectivity index (χ1) is 19.0. The van der Waals surface area contributed by atoms with Gasteiger partial charge in [-0.05, 0) is 41.7 Å². The van der Waals surface area contributed by atoms with Crippen molar-refractivity contribution in [2.45, 2.75) is 49.9 Å². The predicted octanol–water partition coefficient (Wildman–Crippen LogP) is 0.272. The highest BCUT2D eigenvalue weighted by Crippen LogP contribution is 2.12. The molecule has 2 aromatic carbocycles. The van der Waals surface area contributed by atoms with Crippen molar-refractivity contribution in [3.8, 4) is 5.75 Å². The Bertz CT molecular complexity index is 1160. The van der Waals surface area contributed by atoms with Crippen LogP contribution in [0.2, 0.25) is 0 Å². The third-order valence-corrected chi connectivity index (χ3v) is 6.53. The summed E-state index contributed by atoms with van der Waals surface area (Å²) in [6.07, 6.45) is 1.25. The van der Waals surface area contributed by atoms with Gasteiger partial charge in [0, 0.05) is 12.8 Å². The molecule has 0 aliphatic heterocycles. The fraction of sp³-hybridized carbons (Fsp3) is 0.370. The standard InChI is InChI=1S/C27H34N4O8S/c1-40-12-11-19(28)24(35)29-21(15-23(33)34)26(37)30-20(13-16-5-3-2-4-6-16)25(36)31-22(27(38)39)14-17-7-9-18(32)10-8-17/h2-10,19-22,32H,11-15,28H2,1H3,(H,29,35)(H,30,37)(H,31,36)(H,33,34)(H,38,39). The number of rotatable bonds is 16. The summed E-state index contributed by atoms with van der Waals surface area (Å²) < 4.78 is 0. The quantitative estimate of drug-likeness (QED) is 0.146. The molecule has 0 saturated carbocycles. The van der Waals surface area contributed by atoms with Crippen molar-refractivity contribution in [2.24, 2.45) is 5.73 Å². The molecule has 0 bridgehead atoms. The van der Waals surface area contributed by atoms with Gasteiger partial charge in [-0.1, -0.05) is 42.5 Å². The van der Waals surface area contributed by atoms with Crippen LogP contribution in [-0.2, 0) is 36.8 Å². The minimum absolute atomic E-state index is 0.00138. The van der Waals surface area contributed by atoms with Crippen LogP contribution in [0.15, 0.2) is 54.6 Å². The fourth-order valence-corrected chi connectivity index (χ4v) is 4.20. The van der Waals surface area contributed by atoms with Gasteiger partial charge in [0.2, 0.25) is 17.7 Å². The first-order valence-corrected chi connectivity index (χ1v) is 13.8. The molecular formula is C27H34N4O8S. The molecule has 0 heterocycles. The zero-order valence-electron chi connectivity index (χ0n) is 21.9. The van der Waals surface area contributed by atoms with E-state index in [-0.39, 0.29) is 18.6 Å². The van der Waals surface area contributed by atoms with Gasteiger partial charge in [0.05, 0.1) is 12.5 Å². The number of aliphatic carboxylic acids is 2. The van der Waals surface area contributed by atoms with Crippen LogP contribution in [0.1, 0.15) is 24.0 Å². The number of carbonyl (C=O) groups excluding carboxylic acids is 3. The zero-order chi connectivity index (χ0) is 29.7. The maximum atomic E-state index is 13.3. The van der Waals surface area contributed by atoms with E-state index in [1.54, 1.807) is 30.3 Å². The second-order valence-corrected chi connectivity index (χ2v) is 10.1. The highest BCUT2D eigenvalue weighted by molar-refractivity contribution is 7.98. The molecular weight excluding hydrogens is 540 g/mol. The Morgan fingerprint density at radius 2 is 1.30 bits per heavy atom. The normalized spacial score (nSPS) is 13.8. The lowest BCUT2D eigenvalue weighted by Gasteiger charge is -2.25. The number of carbonyl (C=O) groups is 5. The van der Waals surface area contributed by atoms with Crippen molar-refractivity contribution in [3.05, 3.63) is 65.7 Å². The lowest BCUT2D eigenvalue weighted by molar-refractivity contribution is -0.143. The van der Waals surface area contributed by atoms with Crippen molar-refractivity contribution in [1.82, 2.24) is 16.0 Å². The molecule has 0 saturated heterocycles. The minimum atomic E-state index is -1.52. The van der Waals surface area contributed by atoms with Crippen molar-refractivity contribution in [3.63, 3.8) is 0 Å². The Morgan fingerprint density at radius 1 is 0.775 bits per heavy atom. The first kappa shape index (κ1) is 32.1. The van der Waals surface area contributed by atoms with E-state index in [9.17, 15) is 39.3 Å². The molecule has 0 aliphatic rings. The number of benzene rings is 2. The molecule has 4 atom stereocenters. The topological polar surface area (TPSA) is 208 Å². The lowest BCUT2D eigenvalue weighted by Crippen LogP contribution is -2.58. The summed E-state index contributed by atoms with van der Waals surface area (Å²) in [6, 6.07) is 9.28. The summed E-state index contributed by atoms with van der Waals surface area (Å²) in [5.41, 5.74) is 7.03. The number of nitrogens with two attached hydrogens (primary N) is 1. The number of phenols is 1. The van der Waals surface area contributed by atoms with Crippen LogP contribution < -0.4 is 21.7 Å². The van der Waals surface area contributed by atoms with Gasteiger partial charge < -0.3 is 37.0 Å². The van der Waals surface area contributed by atoms with Crippen LogP contribution in [0.5, 0.6) is 5.75 Å². The molecule has 0 fully saturated rings. The summed E-state index contributed by atoms with van der Waals surface area (Å²) in [7, 11) is 0. The summed E-state index contributed by atoms with van der Waals surface area (Å²) in [5, 5.41) is 35.7. The van der Waals surface area contributed by atoms with E-state index in [1.165, 1.54) is 36.0 Å². The Hall–Kier alpha value is -4.10. The van der Waals surface area contributed by atoms with Crippen LogP contribution in [0.4, 0.5) is 0 Å². The molecule has 40 heavy (non-hydrogen) atoms. The van der Waals surface area contributed by atoms with E-state index in [1.807, 2.05) is 6.26 Å². The maximum absolute atomic E-state index is 13.3. The van der Waals surface area contributed by atoms with Crippen LogP contribution in [-0.4, -0.2) is 81.2 Å². The van der Waals surface area contributed by atoms with Gasteiger partial charge >= 0.3 is 11.9 Å². The fourth-order valence-electron chi connectivity index (χ4n) is 3.71. The second-order valence-electron chi connectivity index (χ2n) is 9.07. The van der Waals surface area contributed by atoms with Gasteiger partial charge in [-0.2, -0.15) is 11.8 Å². The summed E-state index contributed by atoms with van der Waals surface area (Å²) in [4.78, 5) is 62.3.